The number of anilines is 3. The van der Waals surface area contributed by atoms with Crippen molar-refractivity contribution in [1.82, 2.24) is 4.98 Å². The van der Waals surface area contributed by atoms with Gasteiger partial charge >= 0.3 is 0 Å². The highest BCUT2D eigenvalue weighted by molar-refractivity contribution is 6.11. The Morgan fingerprint density at radius 3 is 2.67 bits per heavy atom. The summed E-state index contributed by atoms with van der Waals surface area (Å²) in [6, 6.07) is 10.3. The largest absolute Gasteiger partial charge is 0.383 e. The van der Waals surface area contributed by atoms with Crippen LogP contribution in [-0.2, 0) is 4.74 Å². The Bertz CT molecular complexity index is 1160. The van der Waals surface area contributed by atoms with Crippen LogP contribution in [0, 0.1) is 10.1 Å². The molecule has 2 aromatic carbocycles. The number of hydrogen-bond acceptors (Lipinski definition) is 7. The number of benzene rings is 2. The second-order valence-electron chi connectivity index (χ2n) is 7.96. The Balaban J connectivity index is 1.60. The summed E-state index contributed by atoms with van der Waals surface area (Å²) in [5, 5.41) is 19.3. The van der Waals surface area contributed by atoms with Crippen molar-refractivity contribution >= 4 is 39.4 Å². The van der Waals surface area contributed by atoms with Gasteiger partial charge in [0, 0.05) is 67.2 Å². The Labute approximate surface area is 191 Å². The highest BCUT2D eigenvalue weighted by Gasteiger charge is 2.19. The van der Waals surface area contributed by atoms with Crippen LogP contribution in [0.1, 0.15) is 29.6 Å². The fourth-order valence-corrected chi connectivity index (χ4v) is 4.15. The average molecular weight is 450 g/mol. The summed E-state index contributed by atoms with van der Waals surface area (Å²) < 4.78 is 4.97. The molecule has 33 heavy (non-hydrogen) atoms. The van der Waals surface area contributed by atoms with Gasteiger partial charge in [0.15, 0.2) is 0 Å². The van der Waals surface area contributed by atoms with E-state index in [4.69, 9.17) is 4.74 Å². The Morgan fingerprint density at radius 1 is 1.12 bits per heavy atom. The number of fused-ring (bicyclic) bond motifs is 1. The molecule has 0 unspecified atom stereocenters. The first-order valence-electron chi connectivity index (χ1n) is 11.0. The number of nitrogens with one attached hydrogen (secondary N) is 2. The molecule has 1 amide bonds. The van der Waals surface area contributed by atoms with Crippen molar-refractivity contribution in [2.24, 2.45) is 0 Å². The molecular weight excluding hydrogens is 422 g/mol. The minimum atomic E-state index is -0.501. The number of nitrogens with zero attached hydrogens (tertiary/aromatic N) is 3. The summed E-state index contributed by atoms with van der Waals surface area (Å²) in [5.74, 6) is -0.419. The molecule has 0 spiro atoms. The quantitative estimate of drug-likeness (QED) is 0.297. The molecule has 1 saturated heterocycles. The number of methoxy groups -OCH3 is 1. The molecule has 0 radical (unpaired) electrons. The monoisotopic (exact) mass is 449 g/mol. The number of nitro groups is 1. The summed E-state index contributed by atoms with van der Waals surface area (Å²) >= 11 is 0. The van der Waals surface area contributed by atoms with Crippen LogP contribution < -0.4 is 15.5 Å². The van der Waals surface area contributed by atoms with E-state index >= 15 is 0 Å². The lowest BCUT2D eigenvalue weighted by molar-refractivity contribution is -0.384. The minimum absolute atomic E-state index is 0.161. The topological polar surface area (TPSA) is 110 Å². The van der Waals surface area contributed by atoms with Crippen LogP contribution in [-0.4, -0.2) is 49.2 Å². The number of piperidine rings is 1. The number of nitro benzene ring substituents is 1. The van der Waals surface area contributed by atoms with Gasteiger partial charge in [0.25, 0.3) is 11.6 Å². The van der Waals surface area contributed by atoms with E-state index in [0.717, 1.165) is 29.5 Å². The summed E-state index contributed by atoms with van der Waals surface area (Å²) in [7, 11) is 1.56. The molecule has 2 N–H and O–H groups in total. The van der Waals surface area contributed by atoms with Crippen molar-refractivity contribution < 1.29 is 14.5 Å². The van der Waals surface area contributed by atoms with Gasteiger partial charge in [-0.2, -0.15) is 0 Å². The first kappa shape index (κ1) is 22.5. The predicted molar refractivity (Wildman–Crippen MR) is 129 cm³/mol. The minimum Gasteiger partial charge on any atom is -0.383 e. The van der Waals surface area contributed by atoms with Crippen molar-refractivity contribution in [2.45, 2.75) is 19.3 Å². The molecule has 9 nitrogen and oxygen atoms in total. The molecular formula is C24H27N5O4. The molecule has 9 heteroatoms. The van der Waals surface area contributed by atoms with Crippen LogP contribution in [0.2, 0.25) is 0 Å². The summed E-state index contributed by atoms with van der Waals surface area (Å²) in [4.78, 5) is 30.6. The molecule has 0 saturated carbocycles. The fraction of sp³-hybridized carbons (Fsp3) is 0.333. The van der Waals surface area contributed by atoms with Crippen molar-refractivity contribution in [1.29, 1.82) is 0 Å². The molecule has 4 rings (SSSR count). The number of carbonyl (C=O) groups is 1. The Morgan fingerprint density at radius 2 is 1.91 bits per heavy atom. The van der Waals surface area contributed by atoms with Gasteiger partial charge in [-0.15, -0.1) is 0 Å². The smallest absolute Gasteiger partial charge is 0.293 e. The van der Waals surface area contributed by atoms with Gasteiger partial charge in [0.1, 0.15) is 5.69 Å². The molecule has 172 valence electrons. The first-order chi connectivity index (χ1) is 16.1. The number of pyridine rings is 1. The first-order valence-corrected chi connectivity index (χ1v) is 11.0. The number of amides is 1. The van der Waals surface area contributed by atoms with Gasteiger partial charge < -0.3 is 20.3 Å². The summed E-state index contributed by atoms with van der Waals surface area (Å²) in [5.41, 5.74) is 2.14. The third-order valence-electron chi connectivity index (χ3n) is 5.82. The maximum absolute atomic E-state index is 13.0. The van der Waals surface area contributed by atoms with Crippen LogP contribution in [0.4, 0.5) is 22.7 Å². The number of carbonyl (C=O) groups excluding carboxylic acids is 1. The summed E-state index contributed by atoms with van der Waals surface area (Å²) in [6.45, 7) is 2.86. The van der Waals surface area contributed by atoms with Gasteiger partial charge in [0.05, 0.1) is 17.2 Å². The van der Waals surface area contributed by atoms with Crippen molar-refractivity contribution in [2.75, 3.05) is 48.9 Å². The zero-order valence-corrected chi connectivity index (χ0v) is 18.5. The lowest BCUT2D eigenvalue weighted by Crippen LogP contribution is -2.29. The zero-order chi connectivity index (χ0) is 23.2. The third kappa shape index (κ3) is 5.04. The standard InChI is InChI=1S/C24H27N5O4/c1-33-14-11-26-21-6-5-17(15-23(21)29(31)32)24(30)27-20-7-8-22(28-12-3-2-4-13-28)18-9-10-25-16-19(18)20/h5-10,15-16,26H,2-4,11-14H2,1H3,(H,27,30). The number of ether oxygens (including phenoxy) is 1. The highest BCUT2D eigenvalue weighted by Crippen LogP contribution is 2.34. The molecule has 2 heterocycles. The van der Waals surface area contributed by atoms with Gasteiger partial charge in [-0.05, 0) is 49.6 Å². The van der Waals surface area contributed by atoms with E-state index < -0.39 is 10.8 Å². The van der Waals surface area contributed by atoms with Gasteiger partial charge in [0.2, 0.25) is 0 Å². The van der Waals surface area contributed by atoms with Gasteiger partial charge in [-0.1, -0.05) is 0 Å². The molecule has 1 fully saturated rings. The van der Waals surface area contributed by atoms with Crippen LogP contribution in [0.25, 0.3) is 10.8 Å². The summed E-state index contributed by atoms with van der Waals surface area (Å²) in [6.07, 6.45) is 7.07. The average Bonchev–Trinajstić information content (AvgIpc) is 2.85. The predicted octanol–water partition coefficient (Wildman–Crippen LogP) is 4.44. The van der Waals surface area contributed by atoms with Crippen LogP contribution >= 0.6 is 0 Å². The van der Waals surface area contributed by atoms with Crippen molar-refractivity contribution in [3.8, 4) is 0 Å². The molecule has 1 aliphatic heterocycles. The van der Waals surface area contributed by atoms with E-state index in [1.165, 1.54) is 25.3 Å². The lowest BCUT2D eigenvalue weighted by atomic mass is 10.0. The number of rotatable bonds is 8. The maximum atomic E-state index is 13.0. The van der Waals surface area contributed by atoms with Crippen LogP contribution in [0.15, 0.2) is 48.8 Å². The normalized spacial score (nSPS) is 13.7. The van der Waals surface area contributed by atoms with Gasteiger partial charge in [-0.25, -0.2) is 0 Å². The van der Waals surface area contributed by atoms with Gasteiger partial charge in [-0.3, -0.25) is 19.9 Å². The van der Waals surface area contributed by atoms with Crippen LogP contribution in [0.3, 0.4) is 0 Å². The molecule has 0 bridgehead atoms. The van der Waals surface area contributed by atoms with E-state index in [2.05, 4.69) is 20.5 Å². The second kappa shape index (κ2) is 10.3. The van der Waals surface area contributed by atoms with Crippen molar-refractivity contribution in [3.63, 3.8) is 0 Å². The lowest BCUT2D eigenvalue weighted by Gasteiger charge is -2.30. The van der Waals surface area contributed by atoms with E-state index in [1.807, 2.05) is 18.2 Å². The van der Waals surface area contributed by atoms with E-state index in [0.29, 0.717) is 24.5 Å². The Hall–Kier alpha value is -3.72. The van der Waals surface area contributed by atoms with Crippen LogP contribution in [0.5, 0.6) is 0 Å². The molecule has 0 aliphatic carbocycles. The molecule has 1 aliphatic rings. The SMILES string of the molecule is COCCNc1ccc(C(=O)Nc2ccc(N3CCCCC3)c3ccncc23)cc1[N+](=O)[O-]. The van der Waals surface area contributed by atoms with E-state index in [-0.39, 0.29) is 11.3 Å². The Kier molecular flexibility index (Phi) is 6.99. The molecule has 1 aromatic heterocycles. The number of hydrogen-bond donors (Lipinski definition) is 2. The fourth-order valence-electron chi connectivity index (χ4n) is 4.15. The van der Waals surface area contributed by atoms with Crippen molar-refractivity contribution in [3.05, 3.63) is 64.5 Å². The second-order valence-corrected chi connectivity index (χ2v) is 7.96. The maximum Gasteiger partial charge on any atom is 0.293 e. The van der Waals surface area contributed by atoms with E-state index in [9.17, 15) is 14.9 Å². The number of aromatic nitrogens is 1. The molecule has 0 atom stereocenters. The zero-order valence-electron chi connectivity index (χ0n) is 18.5. The highest BCUT2D eigenvalue weighted by atomic mass is 16.6. The van der Waals surface area contributed by atoms with E-state index in [1.54, 1.807) is 31.6 Å². The molecule has 3 aromatic rings. The third-order valence-corrected chi connectivity index (χ3v) is 5.82.